The number of allylic oxidation sites excluding steroid dienone is 3. The van der Waals surface area contributed by atoms with E-state index in [1.165, 1.54) is 50.5 Å². The Morgan fingerprint density at radius 1 is 1.00 bits per heavy atom. The Balaban J connectivity index is 1.54. The minimum atomic E-state index is -0.0229. The molecule has 152 valence electrons. The maximum Gasteiger partial charge on any atom is 0.0543 e. The van der Waals surface area contributed by atoms with E-state index in [1.54, 1.807) is 0 Å². The number of fused-ring (bicyclic) bond motifs is 5. The summed E-state index contributed by atoms with van der Waals surface area (Å²) in [5, 5.41) is 10.2. The molecule has 0 aliphatic heterocycles. The molecule has 0 amide bonds. The van der Waals surface area contributed by atoms with Gasteiger partial charge < -0.3 is 5.11 Å². The lowest BCUT2D eigenvalue weighted by molar-refractivity contribution is -0.128. The van der Waals surface area contributed by atoms with Crippen molar-refractivity contribution in [2.45, 2.75) is 91.6 Å². The molecule has 0 saturated heterocycles. The van der Waals surface area contributed by atoms with Crippen LogP contribution in [0.3, 0.4) is 0 Å². The molecule has 4 aliphatic carbocycles. The monoisotopic (exact) mass is 370 g/mol. The van der Waals surface area contributed by atoms with Crippen molar-refractivity contribution < 1.29 is 5.11 Å². The Labute approximate surface area is 167 Å². The summed E-state index contributed by atoms with van der Waals surface area (Å²) in [6, 6.07) is 0. The van der Waals surface area contributed by atoms with Crippen LogP contribution in [0.25, 0.3) is 0 Å². The van der Waals surface area contributed by atoms with E-state index >= 15 is 0 Å². The predicted molar refractivity (Wildman–Crippen MR) is 114 cm³/mol. The van der Waals surface area contributed by atoms with Gasteiger partial charge in [0.1, 0.15) is 0 Å². The standard InChI is InChI=1S/C26H42O/c1-17(2)6-7-18(3)22-10-11-23-21-9-8-19-16-20(27)12-14-25(19,4)24(21)13-15-26(22,23)5/h6-7,18-24,27H,1,8-16H2,2-5H3/b7-6+/t18-,19+,20+,21+,22-,23+,24+,25+,26-/m1/s1. The lowest BCUT2D eigenvalue weighted by Crippen LogP contribution is -2.54. The van der Waals surface area contributed by atoms with Crippen LogP contribution in [0.1, 0.15) is 85.5 Å². The van der Waals surface area contributed by atoms with Gasteiger partial charge in [-0.1, -0.05) is 45.1 Å². The number of hydrogen-bond donors (Lipinski definition) is 1. The summed E-state index contributed by atoms with van der Waals surface area (Å²) in [4.78, 5) is 0. The Morgan fingerprint density at radius 3 is 2.44 bits per heavy atom. The van der Waals surface area contributed by atoms with E-state index in [2.05, 4.69) is 46.4 Å². The van der Waals surface area contributed by atoms with Gasteiger partial charge in [0.15, 0.2) is 0 Å². The Hall–Kier alpha value is -0.560. The average molecular weight is 371 g/mol. The van der Waals surface area contributed by atoms with E-state index < -0.39 is 0 Å². The first-order chi connectivity index (χ1) is 12.8. The Kier molecular flexibility index (Phi) is 5.15. The molecule has 9 atom stereocenters. The smallest absolute Gasteiger partial charge is 0.0543 e. The maximum absolute atomic E-state index is 10.2. The molecule has 0 heterocycles. The van der Waals surface area contributed by atoms with E-state index in [1.807, 2.05) is 0 Å². The first kappa shape index (κ1) is 19.7. The average Bonchev–Trinajstić information content (AvgIpc) is 2.97. The summed E-state index contributed by atoms with van der Waals surface area (Å²) in [6.07, 6.45) is 16.6. The van der Waals surface area contributed by atoms with Crippen molar-refractivity contribution in [3.05, 3.63) is 24.3 Å². The first-order valence-electron chi connectivity index (χ1n) is 11.8. The van der Waals surface area contributed by atoms with Gasteiger partial charge in [-0.15, -0.1) is 0 Å². The van der Waals surface area contributed by atoms with Crippen LogP contribution in [-0.4, -0.2) is 11.2 Å². The quantitative estimate of drug-likeness (QED) is 0.543. The third-order valence-electron chi connectivity index (χ3n) is 10.0. The van der Waals surface area contributed by atoms with Crippen LogP contribution < -0.4 is 0 Å². The molecular weight excluding hydrogens is 328 g/mol. The maximum atomic E-state index is 10.2. The van der Waals surface area contributed by atoms with Crippen molar-refractivity contribution in [3.63, 3.8) is 0 Å². The topological polar surface area (TPSA) is 20.2 Å². The van der Waals surface area contributed by atoms with E-state index in [9.17, 15) is 5.11 Å². The number of aliphatic hydroxyl groups excluding tert-OH is 1. The molecule has 0 bridgehead atoms. The lowest BCUT2D eigenvalue weighted by atomic mass is 9.44. The van der Waals surface area contributed by atoms with Gasteiger partial charge in [-0.25, -0.2) is 0 Å². The number of aliphatic hydroxyl groups is 1. The third-order valence-corrected chi connectivity index (χ3v) is 10.0. The summed E-state index contributed by atoms with van der Waals surface area (Å²) in [5.41, 5.74) is 2.22. The highest BCUT2D eigenvalue weighted by atomic mass is 16.3. The number of rotatable bonds is 3. The molecule has 0 unspecified atom stereocenters. The minimum absolute atomic E-state index is 0.0229. The second-order valence-corrected chi connectivity index (χ2v) is 11.4. The molecular formula is C26H42O. The molecule has 0 aromatic rings. The molecule has 0 aromatic carbocycles. The molecule has 1 heteroatoms. The lowest BCUT2D eigenvalue weighted by Gasteiger charge is -2.61. The summed E-state index contributed by atoms with van der Waals surface area (Å²) >= 11 is 0. The molecule has 0 spiro atoms. The van der Waals surface area contributed by atoms with Crippen LogP contribution in [0.2, 0.25) is 0 Å². The van der Waals surface area contributed by atoms with Crippen LogP contribution in [-0.2, 0) is 0 Å². The van der Waals surface area contributed by atoms with E-state index in [4.69, 9.17) is 0 Å². The zero-order valence-corrected chi connectivity index (χ0v) is 18.2. The summed E-state index contributed by atoms with van der Waals surface area (Å²) < 4.78 is 0. The zero-order chi connectivity index (χ0) is 19.4. The number of hydrogen-bond acceptors (Lipinski definition) is 1. The van der Waals surface area contributed by atoms with Gasteiger partial charge in [0.25, 0.3) is 0 Å². The molecule has 27 heavy (non-hydrogen) atoms. The van der Waals surface area contributed by atoms with Crippen LogP contribution >= 0.6 is 0 Å². The molecule has 4 saturated carbocycles. The van der Waals surface area contributed by atoms with Crippen LogP contribution in [0.4, 0.5) is 0 Å². The fraction of sp³-hybridized carbons (Fsp3) is 0.846. The van der Waals surface area contributed by atoms with E-state index in [-0.39, 0.29) is 6.10 Å². The van der Waals surface area contributed by atoms with Crippen molar-refractivity contribution in [3.8, 4) is 0 Å². The highest BCUT2D eigenvalue weighted by molar-refractivity contribution is 5.15. The minimum Gasteiger partial charge on any atom is -0.393 e. The van der Waals surface area contributed by atoms with E-state index in [0.717, 1.165) is 42.4 Å². The van der Waals surface area contributed by atoms with Gasteiger partial charge >= 0.3 is 0 Å². The normalized spacial score (nSPS) is 50.7. The van der Waals surface area contributed by atoms with Crippen molar-refractivity contribution in [2.75, 3.05) is 0 Å². The SMILES string of the molecule is C=C(C)/C=C/[C@@H](C)[C@H]1CC[C@H]2[C@@H]3CC[C@H]4C[C@@H](O)CC[C@]4(C)[C@H]3CC[C@]12C. The van der Waals surface area contributed by atoms with Crippen LogP contribution in [0.5, 0.6) is 0 Å². The van der Waals surface area contributed by atoms with Gasteiger partial charge in [-0.2, -0.15) is 0 Å². The highest BCUT2D eigenvalue weighted by Crippen LogP contribution is 2.68. The van der Waals surface area contributed by atoms with Gasteiger partial charge in [0.05, 0.1) is 6.10 Å². The van der Waals surface area contributed by atoms with Crippen molar-refractivity contribution in [2.24, 2.45) is 46.3 Å². The highest BCUT2D eigenvalue weighted by Gasteiger charge is 2.60. The fourth-order valence-corrected chi connectivity index (χ4v) is 8.59. The first-order valence-corrected chi connectivity index (χ1v) is 11.8. The largest absolute Gasteiger partial charge is 0.393 e. The van der Waals surface area contributed by atoms with Gasteiger partial charge in [-0.05, 0) is 111 Å². The van der Waals surface area contributed by atoms with Crippen LogP contribution in [0.15, 0.2) is 24.3 Å². The molecule has 0 aromatic heterocycles. The zero-order valence-electron chi connectivity index (χ0n) is 18.2. The second-order valence-electron chi connectivity index (χ2n) is 11.4. The molecule has 0 radical (unpaired) electrons. The molecule has 4 rings (SSSR count). The van der Waals surface area contributed by atoms with Crippen LogP contribution in [0, 0.1) is 46.3 Å². The predicted octanol–water partition coefficient (Wildman–Crippen LogP) is 6.77. The van der Waals surface area contributed by atoms with Gasteiger partial charge in [0, 0.05) is 0 Å². The summed E-state index contributed by atoms with van der Waals surface area (Å²) in [7, 11) is 0. The van der Waals surface area contributed by atoms with Crippen molar-refractivity contribution >= 4 is 0 Å². The van der Waals surface area contributed by atoms with Gasteiger partial charge in [-0.3, -0.25) is 0 Å². The molecule has 4 fully saturated rings. The Morgan fingerprint density at radius 2 is 1.70 bits per heavy atom. The molecule has 1 nitrogen and oxygen atoms in total. The van der Waals surface area contributed by atoms with E-state index in [0.29, 0.717) is 16.7 Å². The summed E-state index contributed by atoms with van der Waals surface area (Å²) in [6.45, 7) is 13.9. The summed E-state index contributed by atoms with van der Waals surface area (Å²) in [5.74, 6) is 5.10. The second kappa shape index (κ2) is 7.05. The Bertz CT molecular complexity index is 605. The van der Waals surface area contributed by atoms with Crippen molar-refractivity contribution in [1.29, 1.82) is 0 Å². The molecule has 1 N–H and O–H groups in total. The third kappa shape index (κ3) is 3.17. The van der Waals surface area contributed by atoms with Gasteiger partial charge in [0.2, 0.25) is 0 Å². The molecule has 4 aliphatic rings. The van der Waals surface area contributed by atoms with Crippen molar-refractivity contribution in [1.82, 2.24) is 0 Å². The fourth-order valence-electron chi connectivity index (χ4n) is 8.59.